The number of carboxylic acids is 1. The van der Waals surface area contributed by atoms with Gasteiger partial charge in [0.05, 0.1) is 6.61 Å². The molecular weight excluding hydrogens is 272 g/mol. The van der Waals surface area contributed by atoms with Crippen LogP contribution in [0.3, 0.4) is 0 Å². The molecule has 0 atom stereocenters. The Morgan fingerprint density at radius 3 is 2.71 bits per heavy atom. The Bertz CT molecular complexity index is 426. The second-order valence-electron chi connectivity index (χ2n) is 4.70. The van der Waals surface area contributed by atoms with Crippen LogP contribution in [-0.2, 0) is 4.74 Å². The topological polar surface area (TPSA) is 71.0 Å². The highest BCUT2D eigenvalue weighted by Gasteiger charge is 2.09. The van der Waals surface area contributed by atoms with Crippen LogP contribution in [0.1, 0.15) is 10.4 Å². The van der Waals surface area contributed by atoms with Crippen LogP contribution in [0.4, 0.5) is 0 Å². The van der Waals surface area contributed by atoms with Crippen molar-refractivity contribution in [2.24, 2.45) is 0 Å². The zero-order valence-electron chi connectivity index (χ0n) is 12.7. The summed E-state index contributed by atoms with van der Waals surface area (Å²) in [7, 11) is 3.73. The first-order valence-electron chi connectivity index (χ1n) is 6.98. The summed E-state index contributed by atoms with van der Waals surface area (Å²) in [6.07, 6.45) is 0. The summed E-state index contributed by atoms with van der Waals surface area (Å²) in [6, 6.07) is 6.65. The van der Waals surface area contributed by atoms with Crippen LogP contribution >= 0.6 is 0 Å². The van der Waals surface area contributed by atoms with Gasteiger partial charge in [0.2, 0.25) is 0 Å². The third-order valence-corrected chi connectivity index (χ3v) is 3.00. The minimum Gasteiger partial charge on any atom is -0.491 e. The number of carboxylic acid groups (broad SMARTS) is 1. The third-order valence-electron chi connectivity index (χ3n) is 3.00. The largest absolute Gasteiger partial charge is 0.491 e. The van der Waals surface area contributed by atoms with E-state index in [9.17, 15) is 4.79 Å². The molecule has 1 aromatic rings. The summed E-state index contributed by atoms with van der Waals surface area (Å²) >= 11 is 0. The zero-order chi connectivity index (χ0) is 15.5. The van der Waals surface area contributed by atoms with Crippen molar-refractivity contribution in [1.82, 2.24) is 10.2 Å². The van der Waals surface area contributed by atoms with E-state index < -0.39 is 5.97 Å². The molecule has 0 aliphatic carbocycles. The lowest BCUT2D eigenvalue weighted by Gasteiger charge is -2.16. The number of methoxy groups -OCH3 is 1. The number of ether oxygens (including phenoxy) is 2. The molecule has 1 aromatic carbocycles. The number of benzene rings is 1. The normalized spacial score (nSPS) is 10.8. The number of hydrogen-bond donors (Lipinski definition) is 2. The van der Waals surface area contributed by atoms with Gasteiger partial charge in [-0.05, 0) is 19.2 Å². The molecule has 118 valence electrons. The molecule has 0 saturated heterocycles. The number of carbonyl (C=O) groups is 1. The average Bonchev–Trinajstić information content (AvgIpc) is 2.48. The van der Waals surface area contributed by atoms with Gasteiger partial charge in [-0.1, -0.05) is 12.1 Å². The Morgan fingerprint density at radius 2 is 2.00 bits per heavy atom. The quantitative estimate of drug-likeness (QED) is 0.592. The highest BCUT2D eigenvalue weighted by molar-refractivity contribution is 5.90. The van der Waals surface area contributed by atoms with E-state index in [1.165, 1.54) is 6.07 Å². The summed E-state index contributed by atoms with van der Waals surface area (Å²) in [4.78, 5) is 13.2. The maximum Gasteiger partial charge on any atom is 0.339 e. The standard InChI is InChI=1S/C15H24N2O4/c1-17(10-12-20-2)9-7-16-8-11-21-14-6-4-3-5-13(14)15(18)19/h3-6,16H,7-12H2,1-2H3,(H,18,19). The highest BCUT2D eigenvalue weighted by atomic mass is 16.5. The van der Waals surface area contributed by atoms with E-state index in [1.54, 1.807) is 25.3 Å². The van der Waals surface area contributed by atoms with Crippen molar-refractivity contribution < 1.29 is 19.4 Å². The van der Waals surface area contributed by atoms with Crippen LogP contribution in [0.2, 0.25) is 0 Å². The molecule has 6 heteroatoms. The first kappa shape index (κ1) is 17.4. The van der Waals surface area contributed by atoms with Crippen molar-refractivity contribution in [3.63, 3.8) is 0 Å². The van der Waals surface area contributed by atoms with Crippen molar-refractivity contribution >= 4 is 5.97 Å². The van der Waals surface area contributed by atoms with Crippen LogP contribution in [-0.4, -0.2) is 69.5 Å². The molecule has 6 nitrogen and oxygen atoms in total. The van der Waals surface area contributed by atoms with E-state index in [-0.39, 0.29) is 5.56 Å². The minimum absolute atomic E-state index is 0.191. The Kier molecular flexibility index (Phi) is 8.42. The van der Waals surface area contributed by atoms with Crippen LogP contribution < -0.4 is 10.1 Å². The Morgan fingerprint density at radius 1 is 1.24 bits per heavy atom. The zero-order valence-corrected chi connectivity index (χ0v) is 12.7. The Hall–Kier alpha value is -1.63. The number of rotatable bonds is 11. The van der Waals surface area contributed by atoms with Crippen LogP contribution in [0, 0.1) is 0 Å². The van der Waals surface area contributed by atoms with E-state index in [0.29, 0.717) is 18.9 Å². The van der Waals surface area contributed by atoms with Gasteiger partial charge in [-0.25, -0.2) is 4.79 Å². The van der Waals surface area contributed by atoms with Crippen molar-refractivity contribution in [2.75, 3.05) is 53.6 Å². The van der Waals surface area contributed by atoms with Gasteiger partial charge in [0.15, 0.2) is 0 Å². The molecule has 0 spiro atoms. The molecule has 0 saturated carbocycles. The average molecular weight is 296 g/mol. The van der Waals surface area contributed by atoms with Gasteiger partial charge in [0.1, 0.15) is 17.9 Å². The minimum atomic E-state index is -0.974. The molecule has 2 N–H and O–H groups in total. The molecule has 0 radical (unpaired) electrons. The van der Waals surface area contributed by atoms with Gasteiger partial charge >= 0.3 is 5.97 Å². The predicted molar refractivity (Wildman–Crippen MR) is 81.1 cm³/mol. The van der Waals surface area contributed by atoms with Crippen LogP contribution in [0.15, 0.2) is 24.3 Å². The summed E-state index contributed by atoms with van der Waals surface area (Å²) in [5, 5.41) is 12.3. The van der Waals surface area contributed by atoms with E-state index in [0.717, 1.165) is 26.2 Å². The summed E-state index contributed by atoms with van der Waals surface area (Å²) in [5.41, 5.74) is 0.191. The number of aromatic carboxylic acids is 1. The first-order chi connectivity index (χ1) is 10.1. The van der Waals surface area contributed by atoms with Gasteiger partial charge in [-0.3, -0.25) is 0 Å². The van der Waals surface area contributed by atoms with Gasteiger partial charge < -0.3 is 24.8 Å². The monoisotopic (exact) mass is 296 g/mol. The van der Waals surface area contributed by atoms with Crippen LogP contribution in [0.25, 0.3) is 0 Å². The maximum absolute atomic E-state index is 11.0. The van der Waals surface area contributed by atoms with Gasteiger partial charge in [-0.2, -0.15) is 0 Å². The maximum atomic E-state index is 11.0. The smallest absolute Gasteiger partial charge is 0.339 e. The fourth-order valence-corrected chi connectivity index (χ4v) is 1.76. The highest BCUT2D eigenvalue weighted by Crippen LogP contribution is 2.17. The first-order valence-corrected chi connectivity index (χ1v) is 6.98. The fourth-order valence-electron chi connectivity index (χ4n) is 1.76. The molecule has 0 unspecified atom stereocenters. The van der Waals surface area contributed by atoms with Crippen molar-refractivity contribution in [2.45, 2.75) is 0 Å². The van der Waals surface area contributed by atoms with Gasteiger partial charge in [-0.15, -0.1) is 0 Å². The summed E-state index contributed by atoms with van der Waals surface area (Å²) in [6.45, 7) is 4.52. The predicted octanol–water partition coefficient (Wildman–Crippen LogP) is 0.931. The Labute approximate surface area is 125 Å². The molecule has 21 heavy (non-hydrogen) atoms. The molecule has 0 aliphatic heterocycles. The lowest BCUT2D eigenvalue weighted by atomic mass is 10.2. The van der Waals surface area contributed by atoms with E-state index in [2.05, 4.69) is 10.2 Å². The second-order valence-corrected chi connectivity index (χ2v) is 4.70. The van der Waals surface area contributed by atoms with Crippen LogP contribution in [0.5, 0.6) is 5.75 Å². The summed E-state index contributed by atoms with van der Waals surface area (Å²) < 4.78 is 10.5. The third kappa shape index (κ3) is 7.08. The van der Waals surface area contributed by atoms with E-state index in [4.69, 9.17) is 14.6 Å². The second kappa shape index (κ2) is 10.1. The SMILES string of the molecule is COCCN(C)CCNCCOc1ccccc1C(=O)O. The lowest BCUT2D eigenvalue weighted by molar-refractivity contribution is 0.0692. The van der Waals surface area contributed by atoms with Gasteiger partial charge in [0.25, 0.3) is 0 Å². The molecular formula is C15H24N2O4. The molecule has 0 aromatic heterocycles. The number of para-hydroxylation sites is 1. The van der Waals surface area contributed by atoms with E-state index >= 15 is 0 Å². The lowest BCUT2D eigenvalue weighted by Crippen LogP contribution is -2.33. The molecule has 0 aliphatic rings. The molecule has 0 bridgehead atoms. The molecule has 0 heterocycles. The van der Waals surface area contributed by atoms with Crippen molar-refractivity contribution in [3.05, 3.63) is 29.8 Å². The van der Waals surface area contributed by atoms with Gasteiger partial charge in [0, 0.05) is 33.3 Å². The number of nitrogens with zero attached hydrogens (tertiary/aromatic N) is 1. The van der Waals surface area contributed by atoms with Crippen molar-refractivity contribution in [1.29, 1.82) is 0 Å². The molecule has 0 fully saturated rings. The van der Waals surface area contributed by atoms with Crippen molar-refractivity contribution in [3.8, 4) is 5.75 Å². The number of likely N-dealkylation sites (N-methyl/N-ethyl adjacent to an activating group) is 1. The fraction of sp³-hybridized carbons (Fsp3) is 0.533. The number of hydrogen-bond acceptors (Lipinski definition) is 5. The number of nitrogens with one attached hydrogen (secondary N) is 1. The molecule has 0 amide bonds. The summed E-state index contributed by atoms with van der Waals surface area (Å²) in [5.74, 6) is -0.567. The molecule has 1 rings (SSSR count). The Balaban J connectivity index is 2.16. The van der Waals surface area contributed by atoms with E-state index in [1.807, 2.05) is 7.05 Å².